The van der Waals surface area contributed by atoms with Gasteiger partial charge < -0.3 is 9.47 Å². The minimum absolute atomic E-state index is 0.688. The molecule has 0 radical (unpaired) electrons. The molecule has 0 fully saturated rings. The molecule has 1 aromatic heterocycles. The summed E-state index contributed by atoms with van der Waals surface area (Å²) in [6.45, 7) is 0. The Morgan fingerprint density at radius 3 is 2.45 bits per heavy atom. The second kappa shape index (κ2) is 5.17. The van der Waals surface area contributed by atoms with Crippen molar-refractivity contribution in [2.24, 2.45) is 0 Å². The highest BCUT2D eigenvalue weighted by Gasteiger charge is 2.10. The number of hydrogen-bond donors (Lipinski definition) is 0. The largest absolute Gasteiger partial charge is 0.493 e. The van der Waals surface area contributed by atoms with Crippen LogP contribution in [0.3, 0.4) is 0 Å². The standard InChI is InChI=1S/C16H14N2O2/c1-19-14-8-7-11(9-15(14)20-2)16-12-5-3-4-6-13(12)17-10-18-16/h3-10H,1-2H3. The fraction of sp³-hybridized carbons (Fsp3) is 0.125. The predicted octanol–water partition coefficient (Wildman–Crippen LogP) is 3.31. The van der Waals surface area contributed by atoms with Gasteiger partial charge in [0.25, 0.3) is 0 Å². The van der Waals surface area contributed by atoms with Gasteiger partial charge in [-0.05, 0) is 24.3 Å². The second-order valence-corrected chi connectivity index (χ2v) is 4.31. The van der Waals surface area contributed by atoms with E-state index in [1.165, 1.54) is 0 Å². The lowest BCUT2D eigenvalue weighted by molar-refractivity contribution is 0.355. The molecule has 0 aliphatic rings. The van der Waals surface area contributed by atoms with Crippen LogP contribution in [0.5, 0.6) is 11.5 Å². The van der Waals surface area contributed by atoms with Gasteiger partial charge in [-0.15, -0.1) is 0 Å². The number of methoxy groups -OCH3 is 2. The maximum atomic E-state index is 5.34. The smallest absolute Gasteiger partial charge is 0.161 e. The van der Waals surface area contributed by atoms with E-state index in [2.05, 4.69) is 9.97 Å². The molecule has 0 aliphatic heterocycles. The van der Waals surface area contributed by atoms with Crippen LogP contribution in [-0.4, -0.2) is 24.2 Å². The maximum Gasteiger partial charge on any atom is 0.161 e. The third-order valence-electron chi connectivity index (χ3n) is 3.20. The third kappa shape index (κ3) is 2.05. The number of rotatable bonds is 3. The van der Waals surface area contributed by atoms with Gasteiger partial charge in [0.1, 0.15) is 6.33 Å². The molecule has 0 amide bonds. The predicted molar refractivity (Wildman–Crippen MR) is 78.1 cm³/mol. The fourth-order valence-electron chi connectivity index (χ4n) is 2.22. The highest BCUT2D eigenvalue weighted by Crippen LogP contribution is 2.33. The van der Waals surface area contributed by atoms with Crippen LogP contribution in [0.2, 0.25) is 0 Å². The molecule has 0 atom stereocenters. The van der Waals surface area contributed by atoms with E-state index in [4.69, 9.17) is 9.47 Å². The third-order valence-corrected chi connectivity index (χ3v) is 3.20. The van der Waals surface area contributed by atoms with Crippen molar-refractivity contribution in [1.82, 2.24) is 9.97 Å². The van der Waals surface area contributed by atoms with Crippen LogP contribution in [0.1, 0.15) is 0 Å². The maximum absolute atomic E-state index is 5.34. The first kappa shape index (κ1) is 12.4. The van der Waals surface area contributed by atoms with Crippen LogP contribution in [-0.2, 0) is 0 Å². The van der Waals surface area contributed by atoms with Gasteiger partial charge >= 0.3 is 0 Å². The Hall–Kier alpha value is -2.62. The lowest BCUT2D eigenvalue weighted by Gasteiger charge is -2.10. The summed E-state index contributed by atoms with van der Waals surface area (Å²) in [6, 6.07) is 13.7. The Kier molecular flexibility index (Phi) is 3.21. The number of benzene rings is 2. The van der Waals surface area contributed by atoms with Gasteiger partial charge in [-0.2, -0.15) is 0 Å². The molecular weight excluding hydrogens is 252 g/mol. The van der Waals surface area contributed by atoms with Crippen LogP contribution in [0, 0.1) is 0 Å². The van der Waals surface area contributed by atoms with Gasteiger partial charge in [0.2, 0.25) is 0 Å². The normalized spacial score (nSPS) is 10.5. The summed E-state index contributed by atoms with van der Waals surface area (Å²) in [5, 5.41) is 1.02. The second-order valence-electron chi connectivity index (χ2n) is 4.31. The van der Waals surface area contributed by atoms with E-state index < -0.39 is 0 Å². The highest BCUT2D eigenvalue weighted by molar-refractivity contribution is 5.92. The molecule has 2 aromatic carbocycles. The molecule has 0 saturated carbocycles. The van der Waals surface area contributed by atoms with Crippen molar-refractivity contribution < 1.29 is 9.47 Å². The number of hydrogen-bond acceptors (Lipinski definition) is 4. The van der Waals surface area contributed by atoms with Gasteiger partial charge in [0, 0.05) is 10.9 Å². The molecular formula is C16H14N2O2. The Bertz CT molecular complexity index is 751. The van der Waals surface area contributed by atoms with Crippen molar-refractivity contribution in [3.8, 4) is 22.8 Å². The molecule has 0 aliphatic carbocycles. The Morgan fingerprint density at radius 1 is 0.850 bits per heavy atom. The minimum atomic E-state index is 0.688. The van der Waals surface area contributed by atoms with Crippen LogP contribution < -0.4 is 9.47 Å². The van der Waals surface area contributed by atoms with Crippen LogP contribution in [0.15, 0.2) is 48.8 Å². The minimum Gasteiger partial charge on any atom is -0.493 e. The Balaban J connectivity index is 2.21. The zero-order valence-electron chi connectivity index (χ0n) is 11.3. The van der Waals surface area contributed by atoms with Crippen LogP contribution in [0.4, 0.5) is 0 Å². The molecule has 4 nitrogen and oxygen atoms in total. The summed E-state index contributed by atoms with van der Waals surface area (Å²) in [7, 11) is 3.25. The van der Waals surface area contributed by atoms with E-state index in [1.54, 1.807) is 20.5 Å². The van der Waals surface area contributed by atoms with E-state index in [0.717, 1.165) is 22.2 Å². The van der Waals surface area contributed by atoms with Crippen molar-refractivity contribution in [1.29, 1.82) is 0 Å². The first-order valence-electron chi connectivity index (χ1n) is 6.25. The van der Waals surface area contributed by atoms with Gasteiger partial charge in [0.15, 0.2) is 11.5 Å². The average Bonchev–Trinajstić information content (AvgIpc) is 2.53. The molecule has 0 unspecified atom stereocenters. The summed E-state index contributed by atoms with van der Waals surface area (Å²) in [5.74, 6) is 1.39. The van der Waals surface area contributed by atoms with Crippen molar-refractivity contribution >= 4 is 10.9 Å². The van der Waals surface area contributed by atoms with E-state index in [9.17, 15) is 0 Å². The number of para-hydroxylation sites is 1. The average molecular weight is 266 g/mol. The van der Waals surface area contributed by atoms with Gasteiger partial charge in [-0.3, -0.25) is 0 Å². The van der Waals surface area contributed by atoms with Gasteiger partial charge in [0.05, 0.1) is 25.4 Å². The summed E-state index contributed by atoms with van der Waals surface area (Å²) in [6.07, 6.45) is 1.58. The molecule has 4 heteroatoms. The van der Waals surface area contributed by atoms with Gasteiger partial charge in [-0.1, -0.05) is 18.2 Å². The number of aromatic nitrogens is 2. The van der Waals surface area contributed by atoms with Gasteiger partial charge in [-0.25, -0.2) is 9.97 Å². The van der Waals surface area contributed by atoms with Crippen LogP contribution >= 0.6 is 0 Å². The van der Waals surface area contributed by atoms with E-state index >= 15 is 0 Å². The molecule has 0 N–H and O–H groups in total. The van der Waals surface area contributed by atoms with Crippen molar-refractivity contribution in [2.75, 3.05) is 14.2 Å². The van der Waals surface area contributed by atoms with E-state index in [0.29, 0.717) is 11.5 Å². The lowest BCUT2D eigenvalue weighted by Crippen LogP contribution is -1.93. The van der Waals surface area contributed by atoms with Crippen molar-refractivity contribution in [3.05, 3.63) is 48.8 Å². The van der Waals surface area contributed by atoms with E-state index in [-0.39, 0.29) is 0 Å². The molecule has 0 saturated heterocycles. The van der Waals surface area contributed by atoms with E-state index in [1.807, 2.05) is 42.5 Å². The molecule has 3 rings (SSSR count). The van der Waals surface area contributed by atoms with Crippen LogP contribution in [0.25, 0.3) is 22.2 Å². The first-order valence-corrected chi connectivity index (χ1v) is 6.25. The monoisotopic (exact) mass is 266 g/mol. The first-order chi connectivity index (χ1) is 9.83. The topological polar surface area (TPSA) is 44.2 Å². The highest BCUT2D eigenvalue weighted by atomic mass is 16.5. The molecule has 100 valence electrons. The molecule has 3 aromatic rings. The SMILES string of the molecule is COc1ccc(-c2ncnc3ccccc23)cc1OC. The molecule has 0 spiro atoms. The number of ether oxygens (including phenoxy) is 2. The summed E-state index contributed by atoms with van der Waals surface area (Å²) < 4.78 is 10.6. The number of nitrogens with zero attached hydrogens (tertiary/aromatic N) is 2. The quantitative estimate of drug-likeness (QED) is 0.729. The van der Waals surface area contributed by atoms with Crippen molar-refractivity contribution in [3.63, 3.8) is 0 Å². The summed E-state index contributed by atoms with van der Waals surface area (Å²) in [5.41, 5.74) is 2.78. The Labute approximate surface area is 117 Å². The molecule has 20 heavy (non-hydrogen) atoms. The fourth-order valence-corrected chi connectivity index (χ4v) is 2.22. The van der Waals surface area contributed by atoms with Crippen molar-refractivity contribution in [2.45, 2.75) is 0 Å². The zero-order chi connectivity index (χ0) is 13.9. The molecule has 1 heterocycles. The Morgan fingerprint density at radius 2 is 1.65 bits per heavy atom. The number of fused-ring (bicyclic) bond motifs is 1. The zero-order valence-corrected chi connectivity index (χ0v) is 11.3. The summed E-state index contributed by atoms with van der Waals surface area (Å²) in [4.78, 5) is 8.68. The molecule has 0 bridgehead atoms. The lowest BCUT2D eigenvalue weighted by atomic mass is 10.1. The summed E-state index contributed by atoms with van der Waals surface area (Å²) >= 11 is 0.